The van der Waals surface area contributed by atoms with Crippen LogP contribution in [0.3, 0.4) is 0 Å². The van der Waals surface area contributed by atoms with Crippen LogP contribution in [0.1, 0.15) is 40.0 Å². The molecule has 1 N–H and O–H groups in total. The van der Waals surface area contributed by atoms with Gasteiger partial charge in [0, 0.05) is 17.8 Å². The van der Waals surface area contributed by atoms with E-state index in [1.807, 2.05) is 0 Å². The topological polar surface area (TPSA) is 29.1 Å². The number of nitrogens with one attached hydrogen (secondary N) is 1. The molecule has 0 radical (unpaired) electrons. The second-order valence-electron chi connectivity index (χ2n) is 3.67. The van der Waals surface area contributed by atoms with Crippen LogP contribution in [0.4, 0.5) is 0 Å². The number of unbranched alkanes of at least 4 members (excludes halogenated alkanes) is 1. The Balaban J connectivity index is 3.46. The van der Waals surface area contributed by atoms with Gasteiger partial charge in [0.25, 0.3) is 0 Å². The molecular weight excluding hydrogens is 230 g/mol. The van der Waals surface area contributed by atoms with Crippen LogP contribution < -0.4 is 5.32 Å². The highest BCUT2D eigenvalue weighted by Crippen LogP contribution is 2.10. The van der Waals surface area contributed by atoms with Crippen molar-refractivity contribution in [3.05, 3.63) is 0 Å². The van der Waals surface area contributed by atoms with Gasteiger partial charge in [-0.3, -0.25) is 4.79 Å². The molecule has 0 bridgehead atoms. The van der Waals surface area contributed by atoms with Gasteiger partial charge in [-0.2, -0.15) is 0 Å². The molecule has 78 valence electrons. The maximum atomic E-state index is 11.2. The lowest BCUT2D eigenvalue weighted by atomic mass is 10.1. The average Bonchev–Trinajstić information content (AvgIpc) is 2.10. The fourth-order valence-electron chi connectivity index (χ4n) is 0.873. The highest BCUT2D eigenvalue weighted by molar-refractivity contribution is 9.09. The van der Waals surface area contributed by atoms with Gasteiger partial charge in [-0.25, -0.2) is 0 Å². The van der Waals surface area contributed by atoms with Crippen molar-refractivity contribution >= 4 is 21.8 Å². The molecule has 1 atom stereocenters. The molecule has 1 unspecified atom stereocenters. The zero-order valence-corrected chi connectivity index (χ0v) is 10.4. The van der Waals surface area contributed by atoms with Crippen LogP contribution in [-0.4, -0.2) is 17.3 Å². The first-order valence-corrected chi connectivity index (χ1v) is 5.90. The third-order valence-electron chi connectivity index (χ3n) is 1.98. The minimum absolute atomic E-state index is 0.173. The van der Waals surface area contributed by atoms with Crippen LogP contribution in [0, 0.1) is 5.92 Å². The smallest absolute Gasteiger partial charge is 0.220 e. The summed E-state index contributed by atoms with van der Waals surface area (Å²) in [6, 6.07) is 0. The van der Waals surface area contributed by atoms with Crippen molar-refractivity contribution in [2.24, 2.45) is 5.92 Å². The maximum absolute atomic E-state index is 11.2. The summed E-state index contributed by atoms with van der Waals surface area (Å²) in [7, 11) is 0. The van der Waals surface area contributed by atoms with Gasteiger partial charge in [0.1, 0.15) is 0 Å². The van der Waals surface area contributed by atoms with Crippen molar-refractivity contribution < 1.29 is 4.79 Å². The van der Waals surface area contributed by atoms with Gasteiger partial charge in [-0.15, -0.1) is 0 Å². The number of halogens is 1. The van der Waals surface area contributed by atoms with Gasteiger partial charge in [0.05, 0.1) is 0 Å². The van der Waals surface area contributed by atoms with Crippen LogP contribution in [-0.2, 0) is 4.79 Å². The molecular formula is C10H20BrNO. The molecule has 0 spiro atoms. The number of amides is 1. The van der Waals surface area contributed by atoms with Gasteiger partial charge >= 0.3 is 0 Å². The summed E-state index contributed by atoms with van der Waals surface area (Å²) < 4.78 is 0. The van der Waals surface area contributed by atoms with E-state index in [0.29, 0.717) is 17.2 Å². The highest BCUT2D eigenvalue weighted by atomic mass is 79.9. The molecule has 0 saturated carbocycles. The Hall–Kier alpha value is -0.0500. The van der Waals surface area contributed by atoms with Crippen molar-refractivity contribution in [3.63, 3.8) is 0 Å². The Labute approximate surface area is 89.6 Å². The predicted octanol–water partition coefficient (Wildman–Crippen LogP) is 2.71. The molecule has 0 aliphatic carbocycles. The second-order valence-corrected chi connectivity index (χ2v) is 4.84. The summed E-state index contributed by atoms with van der Waals surface area (Å²) in [4.78, 5) is 11.6. The van der Waals surface area contributed by atoms with Crippen LogP contribution >= 0.6 is 15.9 Å². The second kappa shape index (κ2) is 7.36. The van der Waals surface area contributed by atoms with Gasteiger partial charge in [0.2, 0.25) is 5.91 Å². The number of hydrogen-bond acceptors (Lipinski definition) is 1. The Morgan fingerprint density at radius 1 is 1.46 bits per heavy atom. The lowest BCUT2D eigenvalue weighted by Gasteiger charge is -2.14. The van der Waals surface area contributed by atoms with E-state index in [1.165, 1.54) is 0 Å². The summed E-state index contributed by atoms with van der Waals surface area (Å²) in [5, 5.41) is 2.91. The fourth-order valence-corrected chi connectivity index (χ4v) is 1.03. The van der Waals surface area contributed by atoms with E-state index < -0.39 is 0 Å². The Bertz CT molecular complexity index is 148. The van der Waals surface area contributed by atoms with E-state index in [-0.39, 0.29) is 5.91 Å². The highest BCUT2D eigenvalue weighted by Gasteiger charge is 2.09. The van der Waals surface area contributed by atoms with Gasteiger partial charge in [-0.1, -0.05) is 43.1 Å². The van der Waals surface area contributed by atoms with Crippen LogP contribution in [0.5, 0.6) is 0 Å². The van der Waals surface area contributed by atoms with E-state index in [4.69, 9.17) is 0 Å². The lowest BCUT2D eigenvalue weighted by Crippen LogP contribution is -2.31. The van der Waals surface area contributed by atoms with Crippen molar-refractivity contribution in [2.45, 2.75) is 44.9 Å². The van der Waals surface area contributed by atoms with Gasteiger partial charge in [0.15, 0.2) is 0 Å². The van der Waals surface area contributed by atoms with Crippen molar-refractivity contribution in [1.29, 1.82) is 0 Å². The summed E-state index contributed by atoms with van der Waals surface area (Å²) in [6.45, 7) is 7.10. The van der Waals surface area contributed by atoms with Gasteiger partial charge < -0.3 is 5.32 Å². The average molecular weight is 250 g/mol. The molecule has 1 amide bonds. The number of carbonyl (C=O) groups is 1. The first-order chi connectivity index (χ1) is 6.07. The minimum Gasteiger partial charge on any atom is -0.355 e. The monoisotopic (exact) mass is 249 g/mol. The molecule has 0 aliphatic rings. The van der Waals surface area contributed by atoms with E-state index in [2.05, 4.69) is 42.0 Å². The predicted molar refractivity (Wildman–Crippen MR) is 60.1 cm³/mol. The fraction of sp³-hybridized carbons (Fsp3) is 0.900. The van der Waals surface area contributed by atoms with E-state index >= 15 is 0 Å². The molecule has 0 aromatic carbocycles. The van der Waals surface area contributed by atoms with Crippen LogP contribution in [0.25, 0.3) is 0 Å². The summed E-state index contributed by atoms with van der Waals surface area (Å²) in [5.74, 6) is 0.735. The van der Waals surface area contributed by atoms with Crippen molar-refractivity contribution in [2.75, 3.05) is 6.54 Å². The quantitative estimate of drug-likeness (QED) is 0.721. The Morgan fingerprint density at radius 2 is 2.08 bits per heavy atom. The van der Waals surface area contributed by atoms with E-state index in [9.17, 15) is 4.79 Å². The van der Waals surface area contributed by atoms with Crippen molar-refractivity contribution in [3.8, 4) is 0 Å². The molecule has 3 heteroatoms. The third kappa shape index (κ3) is 7.05. The van der Waals surface area contributed by atoms with Crippen molar-refractivity contribution in [1.82, 2.24) is 5.32 Å². The SMILES string of the molecule is CCCCC(=O)NCC(Br)C(C)C. The van der Waals surface area contributed by atoms with Gasteiger partial charge in [-0.05, 0) is 12.3 Å². The summed E-state index contributed by atoms with van der Waals surface area (Å²) in [5.41, 5.74) is 0. The normalized spacial score (nSPS) is 13.0. The molecule has 0 saturated heterocycles. The Morgan fingerprint density at radius 3 is 2.54 bits per heavy atom. The molecule has 0 aromatic heterocycles. The van der Waals surface area contributed by atoms with Crippen LogP contribution in [0.15, 0.2) is 0 Å². The summed E-state index contributed by atoms with van der Waals surface area (Å²) in [6.07, 6.45) is 2.73. The lowest BCUT2D eigenvalue weighted by molar-refractivity contribution is -0.121. The van der Waals surface area contributed by atoms with Crippen LogP contribution in [0.2, 0.25) is 0 Å². The summed E-state index contributed by atoms with van der Waals surface area (Å²) >= 11 is 3.52. The zero-order valence-electron chi connectivity index (χ0n) is 8.77. The number of rotatable bonds is 6. The van der Waals surface area contributed by atoms with E-state index in [1.54, 1.807) is 0 Å². The molecule has 2 nitrogen and oxygen atoms in total. The third-order valence-corrected chi connectivity index (χ3v) is 3.36. The molecule has 0 rings (SSSR count). The molecule has 0 heterocycles. The number of carbonyl (C=O) groups excluding carboxylic acids is 1. The minimum atomic E-state index is 0.173. The molecule has 13 heavy (non-hydrogen) atoms. The molecule has 0 aliphatic heterocycles. The first kappa shape index (κ1) is 12.9. The molecule has 0 aromatic rings. The van der Waals surface area contributed by atoms with E-state index in [0.717, 1.165) is 19.4 Å². The standard InChI is InChI=1S/C10H20BrNO/c1-4-5-6-10(13)12-7-9(11)8(2)3/h8-9H,4-7H2,1-3H3,(H,12,13). The maximum Gasteiger partial charge on any atom is 0.220 e. The largest absolute Gasteiger partial charge is 0.355 e. The Kier molecular flexibility index (Phi) is 7.33. The molecule has 0 fully saturated rings. The number of alkyl halides is 1. The first-order valence-electron chi connectivity index (χ1n) is 4.98. The number of hydrogen-bond donors (Lipinski definition) is 1. The zero-order chi connectivity index (χ0) is 10.3.